The molecule has 0 radical (unpaired) electrons. The standard InChI is InChI=1S/C19H19NO6/c1-24-16-12-14(19(23)25-2)8-9-15(16)26-17(21)10-11-20-18(22)13-6-4-3-5-7-13/h3-9,12H,10-11H2,1-2H3,(H,20,22). The van der Waals surface area contributed by atoms with Crippen LogP contribution in [0.5, 0.6) is 11.5 Å². The number of rotatable bonds is 7. The van der Waals surface area contributed by atoms with E-state index in [1.807, 2.05) is 6.07 Å². The maximum absolute atomic E-state index is 12.0. The van der Waals surface area contributed by atoms with Crippen molar-refractivity contribution >= 4 is 17.8 Å². The Morgan fingerprint density at radius 2 is 1.65 bits per heavy atom. The first kappa shape index (κ1) is 19.0. The fraction of sp³-hybridized carbons (Fsp3) is 0.211. The molecule has 0 unspecified atom stereocenters. The lowest BCUT2D eigenvalue weighted by Crippen LogP contribution is -2.27. The third kappa shape index (κ3) is 5.07. The maximum atomic E-state index is 12.0. The predicted octanol–water partition coefficient (Wildman–Crippen LogP) is 2.21. The molecule has 0 bridgehead atoms. The van der Waals surface area contributed by atoms with Crippen molar-refractivity contribution in [3.63, 3.8) is 0 Å². The molecule has 7 nitrogen and oxygen atoms in total. The molecule has 1 amide bonds. The number of amides is 1. The van der Waals surface area contributed by atoms with Gasteiger partial charge in [0.1, 0.15) is 0 Å². The van der Waals surface area contributed by atoms with Gasteiger partial charge < -0.3 is 19.5 Å². The van der Waals surface area contributed by atoms with E-state index < -0.39 is 11.9 Å². The maximum Gasteiger partial charge on any atom is 0.337 e. The summed E-state index contributed by atoms with van der Waals surface area (Å²) in [5, 5.41) is 2.64. The van der Waals surface area contributed by atoms with Crippen LogP contribution in [0.15, 0.2) is 48.5 Å². The SMILES string of the molecule is COC(=O)c1ccc(OC(=O)CCNC(=O)c2ccccc2)c(OC)c1. The van der Waals surface area contributed by atoms with Crippen LogP contribution in [-0.4, -0.2) is 38.6 Å². The van der Waals surface area contributed by atoms with E-state index in [4.69, 9.17) is 9.47 Å². The van der Waals surface area contributed by atoms with E-state index in [2.05, 4.69) is 10.1 Å². The number of carbonyl (C=O) groups is 3. The largest absolute Gasteiger partial charge is 0.493 e. The van der Waals surface area contributed by atoms with E-state index in [1.165, 1.54) is 32.4 Å². The third-order valence-electron chi connectivity index (χ3n) is 3.46. The molecule has 0 saturated heterocycles. The summed E-state index contributed by atoms with van der Waals surface area (Å²) in [5.41, 5.74) is 0.792. The predicted molar refractivity (Wildman–Crippen MR) is 93.4 cm³/mol. The Morgan fingerprint density at radius 3 is 2.31 bits per heavy atom. The zero-order chi connectivity index (χ0) is 18.9. The van der Waals surface area contributed by atoms with Crippen LogP contribution >= 0.6 is 0 Å². The molecule has 2 aromatic carbocycles. The van der Waals surface area contributed by atoms with E-state index >= 15 is 0 Å². The molecule has 0 aliphatic rings. The van der Waals surface area contributed by atoms with E-state index in [1.54, 1.807) is 24.3 Å². The van der Waals surface area contributed by atoms with Crippen molar-refractivity contribution in [2.75, 3.05) is 20.8 Å². The van der Waals surface area contributed by atoms with Gasteiger partial charge in [0.25, 0.3) is 5.91 Å². The monoisotopic (exact) mass is 357 g/mol. The summed E-state index contributed by atoms with van der Waals surface area (Å²) in [6.07, 6.45) is -0.0134. The minimum absolute atomic E-state index is 0.0134. The molecule has 0 aromatic heterocycles. The zero-order valence-corrected chi connectivity index (χ0v) is 14.5. The first-order chi connectivity index (χ1) is 12.5. The van der Waals surface area contributed by atoms with Gasteiger partial charge in [-0.1, -0.05) is 18.2 Å². The molecule has 0 spiro atoms. The summed E-state index contributed by atoms with van der Waals surface area (Å²) in [6, 6.07) is 13.0. The van der Waals surface area contributed by atoms with Crippen LogP contribution in [0.2, 0.25) is 0 Å². The second-order valence-electron chi connectivity index (χ2n) is 5.20. The summed E-state index contributed by atoms with van der Waals surface area (Å²) in [5.74, 6) is -0.917. The van der Waals surface area contributed by atoms with Gasteiger partial charge in [0.05, 0.1) is 26.2 Å². The number of carbonyl (C=O) groups excluding carboxylic acids is 3. The van der Waals surface area contributed by atoms with E-state index in [0.717, 1.165) is 0 Å². The van der Waals surface area contributed by atoms with Gasteiger partial charge in [-0.2, -0.15) is 0 Å². The van der Waals surface area contributed by atoms with Gasteiger partial charge in [0, 0.05) is 12.1 Å². The smallest absolute Gasteiger partial charge is 0.337 e. The zero-order valence-electron chi connectivity index (χ0n) is 14.5. The minimum atomic E-state index is -0.539. The fourth-order valence-electron chi connectivity index (χ4n) is 2.14. The molecule has 1 N–H and O–H groups in total. The van der Waals surface area contributed by atoms with Crippen molar-refractivity contribution in [3.05, 3.63) is 59.7 Å². The van der Waals surface area contributed by atoms with Gasteiger partial charge in [-0.25, -0.2) is 4.79 Å². The van der Waals surface area contributed by atoms with Gasteiger partial charge in [-0.05, 0) is 30.3 Å². The Hall–Kier alpha value is -3.35. The average Bonchev–Trinajstić information content (AvgIpc) is 2.68. The molecule has 136 valence electrons. The quantitative estimate of drug-likeness (QED) is 0.603. The highest BCUT2D eigenvalue weighted by Gasteiger charge is 2.14. The van der Waals surface area contributed by atoms with Crippen LogP contribution in [0.25, 0.3) is 0 Å². The normalized spacial score (nSPS) is 9.92. The molecular weight excluding hydrogens is 338 g/mol. The Kier molecular flexibility index (Phi) is 6.73. The van der Waals surface area contributed by atoms with Crippen molar-refractivity contribution in [3.8, 4) is 11.5 Å². The minimum Gasteiger partial charge on any atom is -0.493 e. The Balaban J connectivity index is 1.89. The number of ether oxygens (including phenoxy) is 3. The second kappa shape index (κ2) is 9.22. The van der Waals surface area contributed by atoms with Crippen LogP contribution < -0.4 is 14.8 Å². The van der Waals surface area contributed by atoms with E-state index in [-0.39, 0.29) is 35.9 Å². The van der Waals surface area contributed by atoms with E-state index in [9.17, 15) is 14.4 Å². The third-order valence-corrected chi connectivity index (χ3v) is 3.46. The molecule has 2 aromatic rings. The topological polar surface area (TPSA) is 90.9 Å². The molecule has 0 aliphatic carbocycles. The van der Waals surface area contributed by atoms with Crippen LogP contribution in [0, 0.1) is 0 Å². The van der Waals surface area contributed by atoms with Crippen LogP contribution in [0.4, 0.5) is 0 Å². The molecule has 0 atom stereocenters. The molecule has 0 aliphatic heterocycles. The first-order valence-corrected chi connectivity index (χ1v) is 7.85. The highest BCUT2D eigenvalue weighted by Crippen LogP contribution is 2.28. The Bertz CT molecular complexity index is 788. The first-order valence-electron chi connectivity index (χ1n) is 7.85. The molecule has 7 heteroatoms. The summed E-state index contributed by atoms with van der Waals surface area (Å²) >= 11 is 0. The lowest BCUT2D eigenvalue weighted by Gasteiger charge is -2.10. The highest BCUT2D eigenvalue weighted by atomic mass is 16.6. The van der Waals surface area contributed by atoms with Crippen LogP contribution in [-0.2, 0) is 9.53 Å². The van der Waals surface area contributed by atoms with Crippen LogP contribution in [0.1, 0.15) is 27.1 Å². The van der Waals surface area contributed by atoms with Crippen LogP contribution in [0.3, 0.4) is 0 Å². The van der Waals surface area contributed by atoms with Crippen molar-refractivity contribution < 1.29 is 28.6 Å². The molecule has 0 saturated carbocycles. The summed E-state index contributed by atoms with van der Waals surface area (Å²) < 4.78 is 15.0. The lowest BCUT2D eigenvalue weighted by atomic mass is 10.2. The van der Waals surface area contributed by atoms with Gasteiger partial charge in [-0.15, -0.1) is 0 Å². The molecule has 2 rings (SSSR count). The number of benzene rings is 2. The fourth-order valence-corrected chi connectivity index (χ4v) is 2.14. The highest BCUT2D eigenvalue weighted by molar-refractivity contribution is 5.94. The Labute approximate surface area is 150 Å². The number of esters is 2. The van der Waals surface area contributed by atoms with Crippen molar-refractivity contribution in [2.45, 2.75) is 6.42 Å². The molecule has 26 heavy (non-hydrogen) atoms. The van der Waals surface area contributed by atoms with Crippen molar-refractivity contribution in [1.29, 1.82) is 0 Å². The molecular formula is C19H19NO6. The van der Waals surface area contributed by atoms with Crippen molar-refractivity contribution in [1.82, 2.24) is 5.32 Å². The lowest BCUT2D eigenvalue weighted by molar-refractivity contribution is -0.134. The van der Waals surface area contributed by atoms with Crippen molar-refractivity contribution in [2.24, 2.45) is 0 Å². The van der Waals surface area contributed by atoms with Gasteiger partial charge in [0.15, 0.2) is 11.5 Å². The second-order valence-corrected chi connectivity index (χ2v) is 5.20. The number of methoxy groups -OCH3 is 2. The summed E-state index contributed by atoms with van der Waals surface area (Å²) in [7, 11) is 2.67. The number of hydrogen-bond donors (Lipinski definition) is 1. The summed E-state index contributed by atoms with van der Waals surface area (Å²) in [6.45, 7) is 0.134. The number of nitrogens with one attached hydrogen (secondary N) is 1. The Morgan fingerprint density at radius 1 is 0.923 bits per heavy atom. The summed E-state index contributed by atoms with van der Waals surface area (Å²) in [4.78, 5) is 35.4. The van der Waals surface area contributed by atoms with Gasteiger partial charge >= 0.3 is 11.9 Å². The molecule has 0 heterocycles. The average molecular weight is 357 g/mol. The van der Waals surface area contributed by atoms with E-state index in [0.29, 0.717) is 5.56 Å². The van der Waals surface area contributed by atoms with Gasteiger partial charge in [0.2, 0.25) is 0 Å². The van der Waals surface area contributed by atoms with Gasteiger partial charge in [-0.3, -0.25) is 9.59 Å². The molecule has 0 fully saturated rings. The number of hydrogen-bond acceptors (Lipinski definition) is 6.